The zero-order valence-corrected chi connectivity index (χ0v) is 15.4. The van der Waals surface area contributed by atoms with E-state index in [0.29, 0.717) is 17.0 Å². The summed E-state index contributed by atoms with van der Waals surface area (Å²) in [4.78, 5) is 40.7. The van der Waals surface area contributed by atoms with Crippen molar-refractivity contribution in [2.75, 3.05) is 12.4 Å². The Morgan fingerprint density at radius 2 is 1.90 bits per heavy atom. The lowest BCUT2D eigenvalue weighted by Crippen LogP contribution is -2.32. The summed E-state index contributed by atoms with van der Waals surface area (Å²) in [6.45, 7) is -0.00113. The first-order valence-electron chi connectivity index (χ1n) is 8.51. The fourth-order valence-corrected chi connectivity index (χ4v) is 2.51. The molecule has 0 bridgehead atoms. The normalized spacial score (nSPS) is 10.2. The highest BCUT2D eigenvalue weighted by Crippen LogP contribution is 2.17. The summed E-state index contributed by atoms with van der Waals surface area (Å²) in [6.07, 6.45) is 1.38. The Kier molecular flexibility index (Phi) is 5.88. The van der Waals surface area contributed by atoms with E-state index in [0.717, 1.165) is 4.73 Å². The molecule has 0 saturated carbocycles. The summed E-state index contributed by atoms with van der Waals surface area (Å²) in [5.74, 6) is -0.0174. The molecule has 0 radical (unpaired) electrons. The van der Waals surface area contributed by atoms with Crippen LogP contribution in [0.2, 0.25) is 0 Å². The van der Waals surface area contributed by atoms with Gasteiger partial charge in [-0.2, -0.15) is 4.73 Å². The Labute approximate surface area is 165 Å². The number of nitrogens with one attached hydrogen (secondary N) is 1. The van der Waals surface area contributed by atoms with Crippen molar-refractivity contribution < 1.29 is 19.3 Å². The van der Waals surface area contributed by atoms with Crippen LogP contribution in [0.1, 0.15) is 15.9 Å². The van der Waals surface area contributed by atoms with Crippen LogP contribution in [0, 0.1) is 10.1 Å². The third kappa shape index (κ3) is 4.78. The first-order valence-corrected chi connectivity index (χ1v) is 8.51. The number of methoxy groups -OCH3 is 1. The van der Waals surface area contributed by atoms with Crippen molar-refractivity contribution in [1.82, 2.24) is 4.73 Å². The highest BCUT2D eigenvalue weighted by Gasteiger charge is 2.14. The second-order valence-electron chi connectivity index (χ2n) is 5.94. The van der Waals surface area contributed by atoms with Gasteiger partial charge in [-0.1, -0.05) is 6.07 Å². The Balaban J connectivity index is 1.72. The number of pyridine rings is 1. The van der Waals surface area contributed by atoms with E-state index in [2.05, 4.69) is 5.32 Å². The number of nitro benzene ring substituents is 1. The van der Waals surface area contributed by atoms with Gasteiger partial charge in [0, 0.05) is 30.1 Å². The molecule has 0 saturated heterocycles. The second-order valence-corrected chi connectivity index (χ2v) is 5.94. The molecule has 2 aromatic carbocycles. The number of nitrogens with zero attached hydrogens (tertiary/aromatic N) is 2. The van der Waals surface area contributed by atoms with Crippen LogP contribution in [0.4, 0.5) is 11.4 Å². The fourth-order valence-electron chi connectivity index (χ4n) is 2.51. The lowest BCUT2D eigenvalue weighted by atomic mass is 10.2. The largest absolute Gasteiger partial charge is 0.497 e. The number of carbonyl (C=O) groups excluding carboxylic acids is 1. The molecular weight excluding hydrogens is 378 g/mol. The Morgan fingerprint density at radius 1 is 1.14 bits per heavy atom. The van der Waals surface area contributed by atoms with Crippen molar-refractivity contribution >= 4 is 17.3 Å². The van der Waals surface area contributed by atoms with E-state index < -0.39 is 16.4 Å². The molecule has 0 unspecified atom stereocenters. The number of amides is 1. The zero-order chi connectivity index (χ0) is 20.8. The molecule has 3 aromatic rings. The maximum Gasteiger partial charge on any atom is 0.295 e. The van der Waals surface area contributed by atoms with E-state index in [1.165, 1.54) is 49.7 Å². The van der Waals surface area contributed by atoms with Gasteiger partial charge >= 0.3 is 0 Å². The lowest BCUT2D eigenvalue weighted by molar-refractivity contribution is -0.384. The molecule has 1 heterocycles. The molecule has 3 rings (SSSR count). The van der Waals surface area contributed by atoms with Crippen molar-refractivity contribution in [1.29, 1.82) is 0 Å². The Hall–Kier alpha value is -4.14. The number of ether oxygens (including phenoxy) is 1. The molecule has 0 atom stereocenters. The molecule has 1 N–H and O–H groups in total. The standard InChI is InChI=1S/C20H17N3O6/c1-28-17-5-2-4-15(12-17)21-19(24)18-6-3-11-22(20(18)25)29-13-14-7-9-16(10-8-14)23(26)27/h2-12H,13H2,1H3,(H,21,24). The lowest BCUT2D eigenvalue weighted by Gasteiger charge is -2.10. The highest BCUT2D eigenvalue weighted by molar-refractivity contribution is 6.04. The maximum atomic E-state index is 12.6. The van der Waals surface area contributed by atoms with Crippen LogP contribution in [-0.4, -0.2) is 22.7 Å². The molecule has 0 spiro atoms. The predicted octanol–water partition coefficient (Wildman–Crippen LogP) is 2.65. The van der Waals surface area contributed by atoms with Gasteiger partial charge in [-0.25, -0.2) is 0 Å². The number of rotatable bonds is 7. The van der Waals surface area contributed by atoms with Gasteiger partial charge in [-0.05, 0) is 42.0 Å². The molecular formula is C20H17N3O6. The number of nitro groups is 1. The fraction of sp³-hybridized carbons (Fsp3) is 0.100. The Morgan fingerprint density at radius 3 is 2.59 bits per heavy atom. The third-order valence-corrected chi connectivity index (χ3v) is 4.00. The molecule has 0 aliphatic carbocycles. The number of non-ortho nitro benzene ring substituents is 1. The van der Waals surface area contributed by atoms with Gasteiger partial charge in [0.1, 0.15) is 17.9 Å². The molecule has 0 aliphatic heterocycles. The van der Waals surface area contributed by atoms with Crippen LogP contribution in [0.15, 0.2) is 71.7 Å². The Bertz CT molecular complexity index is 1090. The van der Waals surface area contributed by atoms with Crippen molar-refractivity contribution in [2.24, 2.45) is 0 Å². The van der Waals surface area contributed by atoms with Gasteiger partial charge in [0.2, 0.25) is 0 Å². The van der Waals surface area contributed by atoms with E-state index in [9.17, 15) is 19.7 Å². The van der Waals surface area contributed by atoms with E-state index in [1.807, 2.05) is 0 Å². The smallest absolute Gasteiger partial charge is 0.295 e. The molecule has 1 amide bonds. The van der Waals surface area contributed by atoms with Crippen LogP contribution >= 0.6 is 0 Å². The summed E-state index contributed by atoms with van der Waals surface area (Å²) in [7, 11) is 1.51. The second kappa shape index (κ2) is 8.70. The van der Waals surface area contributed by atoms with Gasteiger partial charge in [0.05, 0.1) is 12.0 Å². The van der Waals surface area contributed by atoms with Crippen molar-refractivity contribution in [2.45, 2.75) is 6.61 Å². The highest BCUT2D eigenvalue weighted by atomic mass is 16.7. The number of hydrogen-bond acceptors (Lipinski definition) is 6. The molecule has 9 nitrogen and oxygen atoms in total. The zero-order valence-electron chi connectivity index (χ0n) is 15.4. The van der Waals surface area contributed by atoms with Crippen LogP contribution in [-0.2, 0) is 6.61 Å². The maximum absolute atomic E-state index is 12.6. The minimum absolute atomic E-state index is 0.00113. The first-order chi connectivity index (χ1) is 14.0. The average molecular weight is 395 g/mol. The van der Waals surface area contributed by atoms with Crippen LogP contribution in [0.25, 0.3) is 0 Å². The van der Waals surface area contributed by atoms with E-state index in [4.69, 9.17) is 9.57 Å². The average Bonchev–Trinajstić information content (AvgIpc) is 2.73. The van der Waals surface area contributed by atoms with Gasteiger partial charge in [0.25, 0.3) is 17.2 Å². The third-order valence-electron chi connectivity index (χ3n) is 4.00. The SMILES string of the molecule is COc1cccc(NC(=O)c2cccn(OCc3ccc([N+](=O)[O-])cc3)c2=O)c1. The van der Waals surface area contributed by atoms with Gasteiger partial charge in [-0.3, -0.25) is 19.7 Å². The van der Waals surface area contributed by atoms with E-state index >= 15 is 0 Å². The van der Waals surface area contributed by atoms with Crippen molar-refractivity contribution in [3.05, 3.63) is 98.5 Å². The predicted molar refractivity (Wildman–Crippen MR) is 105 cm³/mol. The quantitative estimate of drug-likeness (QED) is 0.486. The van der Waals surface area contributed by atoms with Crippen LogP contribution < -0.4 is 20.5 Å². The number of anilines is 1. The van der Waals surface area contributed by atoms with E-state index in [-0.39, 0.29) is 17.9 Å². The monoisotopic (exact) mass is 395 g/mol. The summed E-state index contributed by atoms with van der Waals surface area (Å²) in [5.41, 5.74) is 0.348. The molecule has 0 aliphatic rings. The number of hydrogen-bond donors (Lipinski definition) is 1. The van der Waals surface area contributed by atoms with Crippen LogP contribution in [0.5, 0.6) is 5.75 Å². The van der Waals surface area contributed by atoms with Gasteiger partial charge in [-0.15, -0.1) is 0 Å². The van der Waals surface area contributed by atoms with Crippen molar-refractivity contribution in [3.63, 3.8) is 0 Å². The molecule has 29 heavy (non-hydrogen) atoms. The topological polar surface area (TPSA) is 113 Å². The van der Waals surface area contributed by atoms with Gasteiger partial charge in [0.15, 0.2) is 0 Å². The summed E-state index contributed by atoms with van der Waals surface area (Å²) in [6, 6.07) is 15.4. The minimum Gasteiger partial charge on any atom is -0.497 e. The van der Waals surface area contributed by atoms with Crippen molar-refractivity contribution in [3.8, 4) is 5.75 Å². The van der Waals surface area contributed by atoms with E-state index in [1.54, 1.807) is 24.3 Å². The summed E-state index contributed by atoms with van der Waals surface area (Å²) < 4.78 is 6.05. The number of carbonyl (C=O) groups is 1. The minimum atomic E-state index is -0.630. The molecule has 0 fully saturated rings. The first kappa shape index (κ1) is 19.6. The summed E-state index contributed by atoms with van der Waals surface area (Å²) in [5, 5.41) is 13.3. The molecule has 148 valence electrons. The molecule has 1 aromatic heterocycles. The molecule has 9 heteroatoms. The number of aromatic nitrogens is 1. The van der Waals surface area contributed by atoms with Crippen LogP contribution in [0.3, 0.4) is 0 Å². The number of benzene rings is 2. The van der Waals surface area contributed by atoms with Gasteiger partial charge < -0.3 is 14.9 Å². The summed E-state index contributed by atoms with van der Waals surface area (Å²) >= 11 is 0.